The maximum absolute atomic E-state index is 13.8. The number of amides is 3. The van der Waals surface area contributed by atoms with Crippen LogP contribution in [0.1, 0.15) is 25.0 Å². The molecule has 7 heteroatoms. The van der Waals surface area contributed by atoms with Gasteiger partial charge in [0.1, 0.15) is 5.54 Å². The summed E-state index contributed by atoms with van der Waals surface area (Å²) in [5.74, 6) is -2.20. The number of fused-ring (bicyclic) bond motifs is 4. The van der Waals surface area contributed by atoms with E-state index >= 15 is 0 Å². The second kappa shape index (κ2) is 6.49. The van der Waals surface area contributed by atoms with Crippen LogP contribution in [0.25, 0.3) is 0 Å². The maximum atomic E-state index is 13.8. The number of nitrogens with one attached hydrogen (secondary N) is 2. The zero-order valence-electron chi connectivity index (χ0n) is 16.9. The minimum atomic E-state index is -1.24. The number of carbonyl (C=O) groups is 3. The van der Waals surface area contributed by atoms with E-state index in [1.165, 1.54) is 4.90 Å². The van der Waals surface area contributed by atoms with Crippen LogP contribution in [-0.4, -0.2) is 23.8 Å². The minimum Gasteiger partial charge on any atom is -0.324 e. The van der Waals surface area contributed by atoms with Gasteiger partial charge in [0.05, 0.1) is 17.5 Å². The Balaban J connectivity index is 1.70. The number of aryl methyl sites for hydroxylation is 1. The average molecular weight is 468 g/mol. The fourth-order valence-electron chi connectivity index (χ4n) is 5.29. The molecule has 3 heterocycles. The number of anilines is 2. The van der Waals surface area contributed by atoms with Gasteiger partial charge in [0, 0.05) is 21.8 Å². The molecule has 6 nitrogen and oxygen atoms in total. The summed E-state index contributed by atoms with van der Waals surface area (Å²) in [6, 6.07) is 12.6. The Bertz CT molecular complexity index is 1110. The Labute approximate surface area is 183 Å². The molecule has 0 bridgehead atoms. The van der Waals surface area contributed by atoms with E-state index in [0.29, 0.717) is 15.8 Å². The number of hydrogen-bond donors (Lipinski definition) is 2. The van der Waals surface area contributed by atoms with Gasteiger partial charge in [-0.3, -0.25) is 19.7 Å². The van der Waals surface area contributed by atoms with Crippen molar-refractivity contribution in [3.05, 3.63) is 58.1 Å². The molecule has 0 radical (unpaired) electrons. The maximum Gasteiger partial charge on any atom is 0.250 e. The van der Waals surface area contributed by atoms with Crippen LogP contribution in [0.2, 0.25) is 0 Å². The molecule has 2 aromatic rings. The summed E-state index contributed by atoms with van der Waals surface area (Å²) in [7, 11) is 0. The lowest BCUT2D eigenvalue weighted by Gasteiger charge is -2.30. The molecule has 154 valence electrons. The monoisotopic (exact) mass is 467 g/mol. The summed E-state index contributed by atoms with van der Waals surface area (Å²) < 4.78 is 0.684. The predicted molar refractivity (Wildman–Crippen MR) is 117 cm³/mol. The third-order valence-electron chi connectivity index (χ3n) is 6.62. The van der Waals surface area contributed by atoms with Crippen LogP contribution in [-0.2, 0) is 19.9 Å². The minimum absolute atomic E-state index is 0.0654. The number of carbonyl (C=O) groups excluding carboxylic acids is 3. The van der Waals surface area contributed by atoms with Crippen LogP contribution in [0.15, 0.2) is 46.9 Å². The van der Waals surface area contributed by atoms with Crippen molar-refractivity contribution in [2.24, 2.45) is 17.8 Å². The van der Waals surface area contributed by atoms with Crippen molar-refractivity contribution < 1.29 is 14.4 Å². The average Bonchev–Trinajstić information content (AvgIpc) is 3.28. The fraction of sp³-hybridized carbons (Fsp3) is 0.348. The number of para-hydroxylation sites is 1. The van der Waals surface area contributed by atoms with Gasteiger partial charge in [-0.1, -0.05) is 38.1 Å². The van der Waals surface area contributed by atoms with Crippen molar-refractivity contribution in [1.82, 2.24) is 5.32 Å². The molecule has 30 heavy (non-hydrogen) atoms. The largest absolute Gasteiger partial charge is 0.324 e. The molecular weight excluding hydrogens is 446 g/mol. The van der Waals surface area contributed by atoms with Gasteiger partial charge in [0.15, 0.2) is 0 Å². The summed E-state index contributed by atoms with van der Waals surface area (Å²) in [6.45, 7) is 5.97. The Morgan fingerprint density at radius 3 is 2.50 bits per heavy atom. The van der Waals surface area contributed by atoms with Crippen molar-refractivity contribution in [3.63, 3.8) is 0 Å². The van der Waals surface area contributed by atoms with Gasteiger partial charge in [-0.15, -0.1) is 0 Å². The van der Waals surface area contributed by atoms with Crippen LogP contribution in [0.4, 0.5) is 11.4 Å². The van der Waals surface area contributed by atoms with Crippen LogP contribution < -0.4 is 15.5 Å². The van der Waals surface area contributed by atoms with Crippen molar-refractivity contribution in [2.75, 3.05) is 10.2 Å². The molecule has 0 saturated carbocycles. The number of nitrogens with zero attached hydrogens (tertiary/aromatic N) is 1. The van der Waals surface area contributed by atoms with Gasteiger partial charge in [-0.05, 0) is 52.5 Å². The first-order valence-corrected chi connectivity index (χ1v) is 10.9. The number of rotatable bonds is 2. The molecular formula is C23H22BrN3O3. The highest BCUT2D eigenvalue weighted by Gasteiger charge is 2.71. The Morgan fingerprint density at radius 2 is 1.80 bits per heavy atom. The van der Waals surface area contributed by atoms with Gasteiger partial charge in [0.25, 0.3) is 0 Å². The van der Waals surface area contributed by atoms with E-state index in [1.807, 2.05) is 57.2 Å². The van der Waals surface area contributed by atoms with Crippen LogP contribution in [0.5, 0.6) is 0 Å². The summed E-state index contributed by atoms with van der Waals surface area (Å²) in [6.07, 6.45) is 0. The molecule has 2 fully saturated rings. The Hall–Kier alpha value is -2.51. The quantitative estimate of drug-likeness (QED) is 0.663. The van der Waals surface area contributed by atoms with Gasteiger partial charge in [-0.25, -0.2) is 4.90 Å². The van der Waals surface area contributed by atoms with Gasteiger partial charge in [-0.2, -0.15) is 0 Å². The lowest BCUT2D eigenvalue weighted by atomic mass is 9.76. The van der Waals surface area contributed by atoms with Crippen LogP contribution in [0, 0.1) is 24.7 Å². The van der Waals surface area contributed by atoms with Crippen molar-refractivity contribution in [1.29, 1.82) is 0 Å². The molecule has 2 saturated heterocycles. The molecule has 2 aromatic carbocycles. The summed E-state index contributed by atoms with van der Waals surface area (Å²) in [5.41, 5.74) is 1.73. The molecule has 2 N–H and O–H groups in total. The van der Waals surface area contributed by atoms with E-state index in [4.69, 9.17) is 0 Å². The van der Waals surface area contributed by atoms with Crippen LogP contribution in [0.3, 0.4) is 0 Å². The normalized spacial score (nSPS) is 29.7. The smallest absolute Gasteiger partial charge is 0.250 e. The van der Waals surface area contributed by atoms with Crippen molar-refractivity contribution in [3.8, 4) is 0 Å². The highest BCUT2D eigenvalue weighted by atomic mass is 79.9. The second-order valence-electron chi connectivity index (χ2n) is 8.69. The zero-order chi connectivity index (χ0) is 21.4. The molecule has 3 amide bonds. The summed E-state index contributed by atoms with van der Waals surface area (Å²) in [5, 5.41) is 6.36. The molecule has 0 aromatic heterocycles. The van der Waals surface area contributed by atoms with E-state index in [2.05, 4.69) is 26.6 Å². The summed E-state index contributed by atoms with van der Waals surface area (Å²) >= 11 is 3.51. The molecule has 3 aliphatic rings. The number of halogens is 1. The first kappa shape index (κ1) is 19.5. The first-order chi connectivity index (χ1) is 14.3. The molecule has 0 aliphatic carbocycles. The van der Waals surface area contributed by atoms with Crippen molar-refractivity contribution >= 4 is 45.0 Å². The first-order valence-electron chi connectivity index (χ1n) is 10.1. The Kier molecular flexibility index (Phi) is 4.21. The van der Waals surface area contributed by atoms with E-state index in [-0.39, 0.29) is 29.7 Å². The van der Waals surface area contributed by atoms with Crippen LogP contribution >= 0.6 is 15.9 Å². The highest BCUT2D eigenvalue weighted by Crippen LogP contribution is 2.54. The fourth-order valence-corrected chi connectivity index (χ4v) is 5.96. The third kappa shape index (κ3) is 2.36. The lowest BCUT2D eigenvalue weighted by Crippen LogP contribution is -2.54. The van der Waals surface area contributed by atoms with Crippen molar-refractivity contribution in [2.45, 2.75) is 32.4 Å². The predicted octanol–water partition coefficient (Wildman–Crippen LogP) is 3.34. The highest BCUT2D eigenvalue weighted by molar-refractivity contribution is 9.10. The van der Waals surface area contributed by atoms with E-state index in [9.17, 15) is 14.4 Å². The topological polar surface area (TPSA) is 78.5 Å². The standard InChI is InChI=1S/C23H22BrN3O3/c1-11(2)19-17-18(23(26-19)13-6-4-5-7-15(13)25-22(23)30)21(29)27(20(17)28)16-9-8-12(3)10-14(16)24/h4-11,17-19,26H,1-3H3,(H,25,30)/t17-,18+,19-,23+/m0/s1. The molecule has 5 rings (SSSR count). The Morgan fingerprint density at radius 1 is 1.07 bits per heavy atom. The SMILES string of the molecule is Cc1ccc(N2C(=O)[C@@H]3[C@H](C(C)C)N[C@@]4(C(=O)Nc5ccccc54)[C@H]3C2=O)c(Br)c1. The van der Waals surface area contributed by atoms with Gasteiger partial charge >= 0.3 is 0 Å². The van der Waals surface area contributed by atoms with Gasteiger partial charge in [0.2, 0.25) is 17.7 Å². The van der Waals surface area contributed by atoms with E-state index < -0.39 is 17.4 Å². The molecule has 1 spiro atoms. The molecule has 3 aliphatic heterocycles. The summed E-state index contributed by atoms with van der Waals surface area (Å²) in [4.78, 5) is 42.0. The lowest BCUT2D eigenvalue weighted by molar-refractivity contribution is -0.130. The third-order valence-corrected chi connectivity index (χ3v) is 7.25. The number of hydrogen-bond acceptors (Lipinski definition) is 4. The van der Waals surface area contributed by atoms with E-state index in [1.54, 1.807) is 6.07 Å². The number of imide groups is 1. The molecule has 4 atom stereocenters. The molecule has 0 unspecified atom stereocenters. The second-order valence-corrected chi connectivity index (χ2v) is 9.55. The zero-order valence-corrected chi connectivity index (χ0v) is 18.5. The van der Waals surface area contributed by atoms with Gasteiger partial charge < -0.3 is 5.32 Å². The van der Waals surface area contributed by atoms with E-state index in [0.717, 1.165) is 11.1 Å². The number of benzene rings is 2.